The van der Waals surface area contributed by atoms with Gasteiger partial charge in [-0.25, -0.2) is 0 Å². The molecule has 0 spiro atoms. The van der Waals surface area contributed by atoms with Crippen LogP contribution in [-0.4, -0.2) is 28.8 Å². The summed E-state index contributed by atoms with van der Waals surface area (Å²) in [4.78, 5) is 0. The average molecular weight is 178 g/mol. The molecule has 5 heavy (non-hydrogen) atoms. The van der Waals surface area contributed by atoms with E-state index >= 15 is 0 Å². The quantitative estimate of drug-likeness (QED) is 0.548. The Balaban J connectivity index is 2.54. The van der Waals surface area contributed by atoms with Gasteiger partial charge in [-0.3, -0.25) is 0 Å². The number of hydrogen-bond donors (Lipinski definition) is 1. The van der Waals surface area contributed by atoms with E-state index < -0.39 is 0 Å². The Morgan fingerprint density at radius 2 is 1.80 bits per heavy atom. The summed E-state index contributed by atoms with van der Waals surface area (Å²) in [5.41, 5.74) is 0. The third-order valence-corrected chi connectivity index (χ3v) is 2.24. The standard InChI is InChI=1S/C3H8N.Sn.H/c1-3(2)4;;/h3-4H,1-2H3;;/q-1;+1;. The second-order valence-corrected chi connectivity index (χ2v) is 2.27. The van der Waals surface area contributed by atoms with Crippen molar-refractivity contribution in [1.82, 2.24) is 3.54 Å². The molecule has 0 aliphatic heterocycles. The molecule has 0 unspecified atom stereocenters. The van der Waals surface area contributed by atoms with Crippen molar-refractivity contribution in [3.8, 4) is 0 Å². The molecule has 0 saturated carbocycles. The van der Waals surface area contributed by atoms with E-state index in [1.807, 2.05) is 0 Å². The molecule has 0 aliphatic rings. The van der Waals surface area contributed by atoms with E-state index in [2.05, 4.69) is 17.4 Å². The molecule has 0 atom stereocenters. The fourth-order valence-corrected chi connectivity index (χ4v) is 0. The molecule has 0 heterocycles. The van der Waals surface area contributed by atoms with Gasteiger partial charge in [-0.15, -0.1) is 0 Å². The van der Waals surface area contributed by atoms with Gasteiger partial charge in [0.15, 0.2) is 0 Å². The van der Waals surface area contributed by atoms with Gasteiger partial charge in [0.25, 0.3) is 0 Å². The summed E-state index contributed by atoms with van der Waals surface area (Å²) in [5.74, 6) is 0. The Hall–Kier alpha value is 0.759. The third-order valence-electron chi connectivity index (χ3n) is 0.333. The summed E-state index contributed by atoms with van der Waals surface area (Å²) in [6, 6.07) is 0.692. The summed E-state index contributed by atoms with van der Waals surface area (Å²) in [5, 5.41) is 0. The van der Waals surface area contributed by atoms with Gasteiger partial charge in [-0.2, -0.15) is 0 Å². The molecule has 2 radical (unpaired) electrons. The fourth-order valence-electron chi connectivity index (χ4n) is 0. The maximum atomic E-state index is 3.16. The summed E-state index contributed by atoms with van der Waals surface area (Å²) < 4.78 is 3.16. The van der Waals surface area contributed by atoms with Crippen molar-refractivity contribution >= 4 is 22.8 Å². The minimum absolute atomic E-state index is 0.692. The Morgan fingerprint density at radius 1 is 1.60 bits per heavy atom. The minimum atomic E-state index is 0.692. The van der Waals surface area contributed by atoms with Crippen molar-refractivity contribution in [3.63, 3.8) is 0 Å². The van der Waals surface area contributed by atoms with Gasteiger partial charge in [-0.1, -0.05) is 0 Å². The van der Waals surface area contributed by atoms with Crippen LogP contribution in [0.2, 0.25) is 0 Å². The van der Waals surface area contributed by atoms with Gasteiger partial charge in [0.2, 0.25) is 0 Å². The normalized spacial score (nSPS) is 9.60. The molecule has 0 aromatic rings. The van der Waals surface area contributed by atoms with E-state index in [4.69, 9.17) is 0 Å². The molecule has 30 valence electrons. The van der Waals surface area contributed by atoms with Crippen LogP contribution in [0.5, 0.6) is 0 Å². The van der Waals surface area contributed by atoms with Crippen LogP contribution >= 0.6 is 0 Å². The Labute approximate surface area is 46.6 Å². The van der Waals surface area contributed by atoms with E-state index in [1.165, 1.54) is 22.8 Å². The predicted molar refractivity (Wildman–Crippen MR) is 25.4 cm³/mol. The van der Waals surface area contributed by atoms with Crippen molar-refractivity contribution < 1.29 is 0 Å². The van der Waals surface area contributed by atoms with E-state index in [0.717, 1.165) is 0 Å². The van der Waals surface area contributed by atoms with Gasteiger partial charge < -0.3 is 0 Å². The van der Waals surface area contributed by atoms with E-state index in [1.54, 1.807) is 0 Å². The summed E-state index contributed by atoms with van der Waals surface area (Å²) in [7, 11) is 0. The molecule has 0 bridgehead atoms. The van der Waals surface area contributed by atoms with Crippen LogP contribution in [0.15, 0.2) is 0 Å². The molecule has 0 aromatic carbocycles. The van der Waals surface area contributed by atoms with Crippen molar-refractivity contribution in [2.45, 2.75) is 19.9 Å². The first-order valence-corrected chi connectivity index (χ1v) is 3.38. The SMILES string of the molecule is CC(C)[NH][SnH]. The van der Waals surface area contributed by atoms with Crippen LogP contribution in [-0.2, 0) is 0 Å². The molecule has 0 amide bonds. The summed E-state index contributed by atoms with van der Waals surface area (Å²) >= 11 is 1.18. The average Bonchev–Trinajstić information content (AvgIpc) is 1.38. The van der Waals surface area contributed by atoms with Crippen molar-refractivity contribution in [1.29, 1.82) is 0 Å². The molecule has 2 heteroatoms. The first-order chi connectivity index (χ1) is 2.27. The molecular weight excluding hydrogens is 169 g/mol. The van der Waals surface area contributed by atoms with Crippen molar-refractivity contribution in [2.75, 3.05) is 0 Å². The Morgan fingerprint density at radius 3 is 1.80 bits per heavy atom. The zero-order valence-electron chi connectivity index (χ0n) is 3.65. The van der Waals surface area contributed by atoms with Gasteiger partial charge in [-0.05, 0) is 0 Å². The van der Waals surface area contributed by atoms with Crippen LogP contribution in [0.3, 0.4) is 0 Å². The summed E-state index contributed by atoms with van der Waals surface area (Å²) in [6.07, 6.45) is 0. The molecule has 1 nitrogen and oxygen atoms in total. The van der Waals surface area contributed by atoms with E-state index in [-0.39, 0.29) is 0 Å². The second kappa shape index (κ2) is 2.97. The number of hydrogen-bond acceptors (Lipinski definition) is 1. The fraction of sp³-hybridized carbons (Fsp3) is 1.00. The maximum absolute atomic E-state index is 3.16. The van der Waals surface area contributed by atoms with Crippen LogP contribution in [0.1, 0.15) is 13.8 Å². The number of rotatable bonds is 1. The van der Waals surface area contributed by atoms with Gasteiger partial charge in [0.05, 0.1) is 0 Å². The van der Waals surface area contributed by atoms with Crippen LogP contribution in [0.25, 0.3) is 0 Å². The van der Waals surface area contributed by atoms with Gasteiger partial charge >= 0.3 is 46.2 Å². The number of nitrogens with one attached hydrogen (secondary N) is 1. The Bertz CT molecular complexity index is 20.9. The Kier molecular flexibility index (Phi) is 3.42. The molecule has 0 fully saturated rings. The van der Waals surface area contributed by atoms with Crippen molar-refractivity contribution in [3.05, 3.63) is 0 Å². The molecule has 1 N–H and O–H groups in total. The summed E-state index contributed by atoms with van der Waals surface area (Å²) in [6.45, 7) is 4.29. The predicted octanol–water partition coefficient (Wildman–Crippen LogP) is -0.200. The molecule has 0 saturated heterocycles. The van der Waals surface area contributed by atoms with Crippen LogP contribution in [0, 0.1) is 0 Å². The molecular formula is C3H9NSn. The van der Waals surface area contributed by atoms with Crippen LogP contribution < -0.4 is 3.54 Å². The van der Waals surface area contributed by atoms with Gasteiger partial charge in [0, 0.05) is 0 Å². The molecule has 0 aliphatic carbocycles. The third kappa shape index (κ3) is 4.76. The van der Waals surface area contributed by atoms with E-state index in [0.29, 0.717) is 6.04 Å². The molecule has 0 rings (SSSR count). The van der Waals surface area contributed by atoms with Crippen LogP contribution in [0.4, 0.5) is 0 Å². The monoisotopic (exact) mass is 179 g/mol. The zero-order chi connectivity index (χ0) is 4.28. The van der Waals surface area contributed by atoms with Gasteiger partial charge in [0.1, 0.15) is 0 Å². The topological polar surface area (TPSA) is 12.0 Å². The second-order valence-electron chi connectivity index (χ2n) is 1.32. The van der Waals surface area contributed by atoms with E-state index in [9.17, 15) is 0 Å². The first kappa shape index (κ1) is 5.76. The zero-order valence-corrected chi connectivity index (χ0v) is 6.95. The molecule has 0 aromatic heterocycles. The van der Waals surface area contributed by atoms with Crippen molar-refractivity contribution in [2.24, 2.45) is 0 Å². The first-order valence-electron chi connectivity index (χ1n) is 1.73.